The number of rotatable bonds is 7. The van der Waals surface area contributed by atoms with Gasteiger partial charge in [-0.05, 0) is 53.6 Å². The molecule has 1 N–H and O–H groups in total. The Balaban J connectivity index is 1.26. The van der Waals surface area contributed by atoms with Gasteiger partial charge in [-0.1, -0.05) is 48.5 Å². The highest BCUT2D eigenvalue weighted by Gasteiger charge is 2.42. The second-order valence-corrected chi connectivity index (χ2v) is 8.58. The highest BCUT2D eigenvalue weighted by Crippen LogP contribution is 2.55. The third-order valence-electron chi connectivity index (χ3n) is 6.72. The summed E-state index contributed by atoms with van der Waals surface area (Å²) in [5.41, 5.74) is 6.12. The van der Waals surface area contributed by atoms with Gasteiger partial charge in [-0.3, -0.25) is 4.79 Å². The summed E-state index contributed by atoms with van der Waals surface area (Å²) in [6.45, 7) is 2.83. The number of nitrogens with zero attached hydrogens (tertiary/aromatic N) is 1. The summed E-state index contributed by atoms with van der Waals surface area (Å²) in [7, 11) is 0. The lowest BCUT2D eigenvalue weighted by Gasteiger charge is -2.45. The van der Waals surface area contributed by atoms with Gasteiger partial charge in [0.1, 0.15) is 0 Å². The molecule has 0 heterocycles. The average Bonchev–Trinajstić information content (AvgIpc) is 2.87. The van der Waals surface area contributed by atoms with Crippen LogP contribution in [0, 0.1) is 17.2 Å². The van der Waals surface area contributed by atoms with Crippen LogP contribution in [0.5, 0.6) is 11.5 Å². The maximum atomic E-state index is 12.6. The van der Waals surface area contributed by atoms with Gasteiger partial charge in [0.05, 0.1) is 18.2 Å². The summed E-state index contributed by atoms with van der Waals surface area (Å²) in [5.74, 6) is 1.80. The van der Waals surface area contributed by atoms with Crippen molar-refractivity contribution in [3.05, 3.63) is 94.5 Å². The zero-order chi connectivity index (χ0) is 22.8. The molecule has 3 aliphatic rings. The summed E-state index contributed by atoms with van der Waals surface area (Å²) >= 11 is 0. The molecule has 33 heavy (non-hydrogen) atoms. The monoisotopic (exact) mass is 438 g/mol. The molecule has 0 saturated heterocycles. The minimum absolute atomic E-state index is 0.0973. The molecule has 5 nitrogen and oxygen atoms in total. The molecule has 0 saturated carbocycles. The Kier molecular flexibility index (Phi) is 5.75. The van der Waals surface area contributed by atoms with Crippen molar-refractivity contribution < 1.29 is 14.3 Å². The molecule has 0 fully saturated rings. The first-order chi connectivity index (χ1) is 16.2. The second kappa shape index (κ2) is 8.99. The van der Waals surface area contributed by atoms with E-state index in [1.54, 1.807) is 18.2 Å². The van der Waals surface area contributed by atoms with Crippen molar-refractivity contribution >= 4 is 5.91 Å². The van der Waals surface area contributed by atoms with Crippen molar-refractivity contribution in [1.82, 2.24) is 5.32 Å². The van der Waals surface area contributed by atoms with Crippen LogP contribution < -0.4 is 14.8 Å². The molecule has 0 spiro atoms. The van der Waals surface area contributed by atoms with E-state index in [1.165, 1.54) is 22.3 Å². The van der Waals surface area contributed by atoms with Crippen molar-refractivity contribution in [2.75, 3.05) is 19.8 Å². The van der Waals surface area contributed by atoms with Gasteiger partial charge in [0.2, 0.25) is 0 Å². The van der Waals surface area contributed by atoms with E-state index in [0.29, 0.717) is 48.0 Å². The zero-order valence-electron chi connectivity index (χ0n) is 18.6. The first kappa shape index (κ1) is 21.1. The molecule has 6 rings (SSSR count). The largest absolute Gasteiger partial charge is 0.490 e. The van der Waals surface area contributed by atoms with E-state index in [4.69, 9.17) is 14.7 Å². The van der Waals surface area contributed by atoms with Crippen molar-refractivity contribution in [3.8, 4) is 17.6 Å². The molecule has 1 unspecified atom stereocenters. The van der Waals surface area contributed by atoms with Crippen LogP contribution in [0.1, 0.15) is 53.0 Å². The summed E-state index contributed by atoms with van der Waals surface area (Å²) < 4.78 is 11.3. The highest BCUT2D eigenvalue weighted by atomic mass is 16.5. The van der Waals surface area contributed by atoms with Crippen LogP contribution in [0.4, 0.5) is 0 Å². The predicted octanol–water partition coefficient (Wildman–Crippen LogP) is 4.75. The Morgan fingerprint density at radius 2 is 1.64 bits per heavy atom. The maximum Gasteiger partial charge on any atom is 0.257 e. The molecule has 3 aromatic rings. The van der Waals surface area contributed by atoms with Crippen molar-refractivity contribution in [2.45, 2.75) is 25.2 Å². The Hall–Kier alpha value is -3.78. The van der Waals surface area contributed by atoms with Crippen LogP contribution in [-0.2, 0) is 4.79 Å². The lowest BCUT2D eigenvalue weighted by Crippen LogP contribution is -2.40. The van der Waals surface area contributed by atoms with Gasteiger partial charge >= 0.3 is 0 Å². The number of fused-ring (bicyclic) bond motifs is 1. The molecule has 5 heteroatoms. The SMILES string of the molecule is CCOc1cc(C#N)ccc1OCC(=O)NCC1CC2c3ccccc3C1c1ccccc12. The molecular formula is C28H26N2O3. The second-order valence-electron chi connectivity index (χ2n) is 8.58. The van der Waals surface area contributed by atoms with Crippen LogP contribution in [0.2, 0.25) is 0 Å². The van der Waals surface area contributed by atoms with E-state index in [2.05, 4.69) is 59.9 Å². The fourth-order valence-corrected chi connectivity index (χ4v) is 5.36. The molecule has 0 aliphatic heterocycles. The normalized spacial score (nSPS) is 19.7. The van der Waals surface area contributed by atoms with Gasteiger partial charge in [0, 0.05) is 24.4 Å². The standard InChI is InChI=1S/C28H26N2O3/c1-2-32-26-13-18(15-29)11-12-25(26)33-17-27(31)30-16-19-14-24-20-7-3-5-9-22(20)28(19)23-10-6-4-8-21(23)24/h3-13,19,24,28H,2,14,16-17H2,1H3,(H,30,31). The zero-order valence-corrected chi connectivity index (χ0v) is 18.6. The molecular weight excluding hydrogens is 412 g/mol. The van der Waals surface area contributed by atoms with E-state index in [1.807, 2.05) is 6.92 Å². The number of carbonyl (C=O) groups excluding carboxylic acids is 1. The minimum Gasteiger partial charge on any atom is -0.490 e. The lowest BCUT2D eigenvalue weighted by atomic mass is 9.59. The van der Waals surface area contributed by atoms with E-state index >= 15 is 0 Å². The summed E-state index contributed by atoms with van der Waals surface area (Å²) in [6.07, 6.45) is 1.03. The third kappa shape index (κ3) is 3.93. The van der Waals surface area contributed by atoms with Crippen molar-refractivity contribution in [2.24, 2.45) is 5.92 Å². The molecule has 0 aromatic heterocycles. The molecule has 1 atom stereocenters. The van der Waals surface area contributed by atoms with Gasteiger partial charge in [-0.2, -0.15) is 5.26 Å². The lowest BCUT2D eigenvalue weighted by molar-refractivity contribution is -0.123. The molecule has 3 aliphatic carbocycles. The maximum absolute atomic E-state index is 12.6. The Morgan fingerprint density at radius 1 is 0.970 bits per heavy atom. The number of benzene rings is 3. The number of carbonyl (C=O) groups is 1. The van der Waals surface area contributed by atoms with E-state index in [0.717, 1.165) is 6.42 Å². The number of ether oxygens (including phenoxy) is 2. The Labute approximate surface area is 194 Å². The van der Waals surface area contributed by atoms with Gasteiger partial charge < -0.3 is 14.8 Å². The van der Waals surface area contributed by atoms with Crippen LogP contribution in [0.25, 0.3) is 0 Å². The van der Waals surface area contributed by atoms with Crippen LogP contribution in [0.3, 0.4) is 0 Å². The van der Waals surface area contributed by atoms with Crippen molar-refractivity contribution in [1.29, 1.82) is 5.26 Å². The van der Waals surface area contributed by atoms with Crippen LogP contribution in [0.15, 0.2) is 66.7 Å². The first-order valence-electron chi connectivity index (χ1n) is 11.4. The fourth-order valence-electron chi connectivity index (χ4n) is 5.36. The van der Waals surface area contributed by atoms with Crippen LogP contribution >= 0.6 is 0 Å². The van der Waals surface area contributed by atoms with Gasteiger partial charge in [0.15, 0.2) is 18.1 Å². The quantitative estimate of drug-likeness (QED) is 0.578. The smallest absolute Gasteiger partial charge is 0.257 e. The molecule has 1 amide bonds. The topological polar surface area (TPSA) is 71.3 Å². The fraction of sp³-hybridized carbons (Fsp3) is 0.286. The summed E-state index contributed by atoms with van der Waals surface area (Å²) in [4.78, 5) is 12.6. The Bertz CT molecular complexity index is 1180. The number of hydrogen-bond acceptors (Lipinski definition) is 4. The summed E-state index contributed by atoms with van der Waals surface area (Å²) in [6, 6.07) is 24.5. The Morgan fingerprint density at radius 3 is 2.27 bits per heavy atom. The van der Waals surface area contributed by atoms with E-state index in [9.17, 15) is 4.79 Å². The molecule has 2 bridgehead atoms. The number of nitriles is 1. The average molecular weight is 439 g/mol. The van der Waals surface area contributed by atoms with Gasteiger partial charge in [-0.15, -0.1) is 0 Å². The number of hydrogen-bond donors (Lipinski definition) is 1. The van der Waals surface area contributed by atoms with E-state index < -0.39 is 0 Å². The highest BCUT2D eigenvalue weighted by molar-refractivity contribution is 5.77. The van der Waals surface area contributed by atoms with Gasteiger partial charge in [-0.25, -0.2) is 0 Å². The number of amides is 1. The van der Waals surface area contributed by atoms with Crippen molar-refractivity contribution in [3.63, 3.8) is 0 Å². The molecule has 3 aromatic carbocycles. The first-order valence-corrected chi connectivity index (χ1v) is 11.4. The molecule has 166 valence electrons. The molecule has 0 radical (unpaired) electrons. The van der Waals surface area contributed by atoms with E-state index in [-0.39, 0.29) is 12.5 Å². The minimum atomic E-state index is -0.162. The summed E-state index contributed by atoms with van der Waals surface area (Å²) in [5, 5.41) is 12.2. The third-order valence-corrected chi connectivity index (χ3v) is 6.72. The number of nitrogens with one attached hydrogen (secondary N) is 1. The van der Waals surface area contributed by atoms with Crippen LogP contribution in [-0.4, -0.2) is 25.7 Å². The van der Waals surface area contributed by atoms with Gasteiger partial charge in [0.25, 0.3) is 5.91 Å². The predicted molar refractivity (Wildman–Crippen MR) is 126 cm³/mol.